The van der Waals surface area contributed by atoms with Crippen LogP contribution in [0.25, 0.3) is 5.69 Å². The number of hydrogen-bond donors (Lipinski definition) is 1. The number of aliphatic carboxylic acids is 1. The van der Waals surface area contributed by atoms with E-state index in [2.05, 4.69) is 42.2 Å². The van der Waals surface area contributed by atoms with Crippen LogP contribution in [-0.2, 0) is 11.2 Å². The van der Waals surface area contributed by atoms with E-state index >= 15 is 0 Å². The molecule has 0 fully saturated rings. The minimum absolute atomic E-state index is 0.128. The molecule has 0 aliphatic rings. The van der Waals surface area contributed by atoms with Gasteiger partial charge in [0.2, 0.25) is 0 Å². The van der Waals surface area contributed by atoms with Crippen molar-refractivity contribution in [1.29, 1.82) is 0 Å². The van der Waals surface area contributed by atoms with E-state index in [1.165, 1.54) is 0 Å². The summed E-state index contributed by atoms with van der Waals surface area (Å²) in [4.78, 5) is 10.7. The topological polar surface area (TPSA) is 68.0 Å². The lowest BCUT2D eigenvalue weighted by Gasteiger charge is -2.06. The molecule has 0 unspecified atom stereocenters. The van der Waals surface area contributed by atoms with Gasteiger partial charge >= 0.3 is 5.97 Å². The number of benzene rings is 1. The standard InChI is InChI=1S/C11H9Br2N3O2/c1-6-9(5-11(17)18)14-15-16(6)10-4-7(12)2-3-8(10)13/h2-4H,5H2,1H3,(H,17,18). The molecule has 1 aromatic carbocycles. The van der Waals surface area contributed by atoms with E-state index in [0.29, 0.717) is 5.69 Å². The Kier molecular flexibility index (Phi) is 3.82. The molecule has 0 atom stereocenters. The number of aromatic nitrogens is 3. The van der Waals surface area contributed by atoms with Gasteiger partial charge in [-0.15, -0.1) is 5.10 Å². The van der Waals surface area contributed by atoms with Crippen LogP contribution in [0.2, 0.25) is 0 Å². The summed E-state index contributed by atoms with van der Waals surface area (Å²) in [6, 6.07) is 5.67. The average Bonchev–Trinajstić information content (AvgIpc) is 2.64. The fourth-order valence-electron chi connectivity index (χ4n) is 1.54. The fourth-order valence-corrected chi connectivity index (χ4v) is 2.31. The number of nitrogens with zero attached hydrogens (tertiary/aromatic N) is 3. The number of carboxylic acid groups (broad SMARTS) is 1. The molecule has 94 valence electrons. The predicted molar refractivity (Wildman–Crippen MR) is 72.8 cm³/mol. The molecule has 7 heteroatoms. The highest BCUT2D eigenvalue weighted by molar-refractivity contribution is 9.11. The zero-order chi connectivity index (χ0) is 13.3. The van der Waals surface area contributed by atoms with Crippen LogP contribution in [0.1, 0.15) is 11.4 Å². The molecular weight excluding hydrogens is 366 g/mol. The summed E-state index contributed by atoms with van der Waals surface area (Å²) in [5, 5.41) is 16.7. The second-order valence-corrected chi connectivity index (χ2v) is 5.47. The van der Waals surface area contributed by atoms with Crippen molar-refractivity contribution >= 4 is 37.8 Å². The summed E-state index contributed by atoms with van der Waals surface area (Å²) in [6.45, 7) is 1.80. The third-order valence-electron chi connectivity index (χ3n) is 2.45. The molecule has 1 N–H and O–H groups in total. The van der Waals surface area contributed by atoms with Crippen molar-refractivity contribution in [3.8, 4) is 5.69 Å². The monoisotopic (exact) mass is 373 g/mol. The van der Waals surface area contributed by atoms with Crippen molar-refractivity contribution in [1.82, 2.24) is 15.0 Å². The van der Waals surface area contributed by atoms with Crippen LogP contribution in [0.15, 0.2) is 27.1 Å². The molecule has 0 bridgehead atoms. The van der Waals surface area contributed by atoms with Gasteiger partial charge in [0, 0.05) is 8.95 Å². The van der Waals surface area contributed by atoms with E-state index < -0.39 is 5.97 Å². The number of carboxylic acids is 1. The Hall–Kier alpha value is -1.21. The van der Waals surface area contributed by atoms with Gasteiger partial charge in [0.1, 0.15) is 0 Å². The van der Waals surface area contributed by atoms with Crippen LogP contribution in [0, 0.1) is 6.92 Å². The number of halogens is 2. The molecule has 0 aliphatic carbocycles. The van der Waals surface area contributed by atoms with Gasteiger partial charge in [0.25, 0.3) is 0 Å². The van der Waals surface area contributed by atoms with Gasteiger partial charge in [0.15, 0.2) is 0 Å². The molecular formula is C11H9Br2N3O2. The molecule has 0 aliphatic heterocycles. The number of rotatable bonds is 3. The molecule has 2 aromatic rings. The highest BCUT2D eigenvalue weighted by Gasteiger charge is 2.14. The molecule has 0 saturated heterocycles. The third kappa shape index (κ3) is 2.62. The lowest BCUT2D eigenvalue weighted by Crippen LogP contribution is -2.04. The molecule has 1 heterocycles. The zero-order valence-electron chi connectivity index (χ0n) is 9.39. The predicted octanol–water partition coefficient (Wildman–Crippen LogP) is 2.73. The summed E-state index contributed by atoms with van der Waals surface area (Å²) >= 11 is 6.82. The first kappa shape index (κ1) is 13.2. The summed E-state index contributed by atoms with van der Waals surface area (Å²) < 4.78 is 3.39. The lowest BCUT2D eigenvalue weighted by atomic mass is 10.2. The fraction of sp³-hybridized carbons (Fsp3) is 0.182. The van der Waals surface area contributed by atoms with Crippen molar-refractivity contribution in [2.45, 2.75) is 13.3 Å². The largest absolute Gasteiger partial charge is 0.481 e. The Labute approximate surface area is 120 Å². The lowest BCUT2D eigenvalue weighted by molar-refractivity contribution is -0.136. The van der Waals surface area contributed by atoms with Crippen molar-refractivity contribution in [3.63, 3.8) is 0 Å². The number of hydrogen-bond acceptors (Lipinski definition) is 3. The smallest absolute Gasteiger partial charge is 0.309 e. The van der Waals surface area contributed by atoms with E-state index in [1.54, 1.807) is 11.6 Å². The Morgan fingerprint density at radius 3 is 2.83 bits per heavy atom. The van der Waals surface area contributed by atoms with E-state index in [4.69, 9.17) is 5.11 Å². The normalized spacial score (nSPS) is 10.6. The second kappa shape index (κ2) is 5.19. The zero-order valence-corrected chi connectivity index (χ0v) is 12.6. The average molecular weight is 375 g/mol. The van der Waals surface area contributed by atoms with Crippen molar-refractivity contribution in [2.75, 3.05) is 0 Å². The van der Waals surface area contributed by atoms with E-state index in [9.17, 15) is 4.79 Å². The molecule has 2 rings (SSSR count). The second-order valence-electron chi connectivity index (χ2n) is 3.70. The maximum Gasteiger partial charge on any atom is 0.309 e. The molecule has 1 aromatic heterocycles. The van der Waals surface area contributed by atoms with Crippen molar-refractivity contribution in [2.24, 2.45) is 0 Å². The van der Waals surface area contributed by atoms with Gasteiger partial charge in [-0.1, -0.05) is 21.1 Å². The minimum Gasteiger partial charge on any atom is -0.481 e. The quantitative estimate of drug-likeness (QED) is 0.896. The highest BCUT2D eigenvalue weighted by Crippen LogP contribution is 2.25. The summed E-state index contributed by atoms with van der Waals surface area (Å²) in [6.07, 6.45) is -0.128. The van der Waals surface area contributed by atoms with Crippen LogP contribution in [0.5, 0.6) is 0 Å². The van der Waals surface area contributed by atoms with Crippen molar-refractivity contribution in [3.05, 3.63) is 38.5 Å². The maximum atomic E-state index is 10.7. The van der Waals surface area contributed by atoms with Gasteiger partial charge < -0.3 is 5.11 Å². The van der Waals surface area contributed by atoms with E-state index in [-0.39, 0.29) is 6.42 Å². The van der Waals surface area contributed by atoms with Gasteiger partial charge in [-0.25, -0.2) is 4.68 Å². The molecule has 5 nitrogen and oxygen atoms in total. The SMILES string of the molecule is Cc1c(CC(=O)O)nnn1-c1cc(Br)ccc1Br. The van der Waals surface area contributed by atoms with Gasteiger partial charge in [-0.2, -0.15) is 0 Å². The van der Waals surface area contributed by atoms with E-state index in [1.807, 2.05) is 18.2 Å². The molecule has 18 heavy (non-hydrogen) atoms. The van der Waals surface area contributed by atoms with Crippen LogP contribution in [-0.4, -0.2) is 26.1 Å². The summed E-state index contributed by atoms with van der Waals surface area (Å²) in [7, 11) is 0. The molecule has 0 amide bonds. The maximum absolute atomic E-state index is 10.7. The van der Waals surface area contributed by atoms with Crippen LogP contribution < -0.4 is 0 Å². The highest BCUT2D eigenvalue weighted by atomic mass is 79.9. The van der Waals surface area contributed by atoms with Gasteiger partial charge in [-0.3, -0.25) is 4.79 Å². The molecule has 0 saturated carbocycles. The van der Waals surface area contributed by atoms with Gasteiger partial charge in [-0.05, 0) is 41.1 Å². The molecule has 0 spiro atoms. The third-order valence-corrected chi connectivity index (χ3v) is 3.61. The van der Waals surface area contributed by atoms with E-state index in [0.717, 1.165) is 20.3 Å². The first-order valence-corrected chi connectivity index (χ1v) is 6.66. The summed E-state index contributed by atoms with van der Waals surface area (Å²) in [5.74, 6) is -0.918. The first-order valence-electron chi connectivity index (χ1n) is 5.07. The van der Waals surface area contributed by atoms with Crippen molar-refractivity contribution < 1.29 is 9.90 Å². The Morgan fingerprint density at radius 1 is 1.44 bits per heavy atom. The minimum atomic E-state index is -0.918. The number of carbonyl (C=O) groups is 1. The Morgan fingerprint density at radius 2 is 2.17 bits per heavy atom. The molecule has 0 radical (unpaired) electrons. The Balaban J connectivity index is 2.48. The Bertz CT molecular complexity index is 610. The summed E-state index contributed by atoms with van der Waals surface area (Å²) in [5.41, 5.74) is 2.00. The first-order chi connectivity index (χ1) is 8.49. The van der Waals surface area contributed by atoms with Crippen LogP contribution in [0.3, 0.4) is 0 Å². The van der Waals surface area contributed by atoms with Crippen LogP contribution in [0.4, 0.5) is 0 Å². The van der Waals surface area contributed by atoms with Gasteiger partial charge in [0.05, 0.1) is 23.5 Å². The van der Waals surface area contributed by atoms with Crippen LogP contribution >= 0.6 is 31.9 Å².